The van der Waals surface area contributed by atoms with Gasteiger partial charge in [0.2, 0.25) is 0 Å². The number of rotatable bonds is 4. The standard InChI is InChI=1S/C16H23N3O2/c1-2-8-19(16(17)20)12-6-9-18(11-12)14-4-3-5-15-13(14)7-10-21-15/h3-5,12H,2,6-11H2,1H3,(H2,17,20). The molecule has 0 radical (unpaired) electrons. The Balaban J connectivity index is 1.75. The second-order valence-electron chi connectivity index (χ2n) is 5.77. The lowest BCUT2D eigenvalue weighted by molar-refractivity contribution is 0.188. The quantitative estimate of drug-likeness (QED) is 0.922. The highest BCUT2D eigenvalue weighted by Crippen LogP contribution is 2.35. The van der Waals surface area contributed by atoms with Crippen LogP contribution in [0.5, 0.6) is 5.75 Å². The molecule has 0 saturated carbocycles. The van der Waals surface area contributed by atoms with Crippen LogP contribution in [0.15, 0.2) is 18.2 Å². The van der Waals surface area contributed by atoms with Gasteiger partial charge in [-0.1, -0.05) is 13.0 Å². The lowest BCUT2D eigenvalue weighted by Crippen LogP contribution is -2.45. The van der Waals surface area contributed by atoms with Gasteiger partial charge >= 0.3 is 6.03 Å². The van der Waals surface area contributed by atoms with Gasteiger partial charge in [-0.25, -0.2) is 4.79 Å². The van der Waals surface area contributed by atoms with E-state index in [1.54, 1.807) is 0 Å². The molecule has 2 aliphatic heterocycles. The Hall–Kier alpha value is -1.91. The van der Waals surface area contributed by atoms with Gasteiger partial charge in [0.15, 0.2) is 0 Å². The summed E-state index contributed by atoms with van der Waals surface area (Å²) in [6, 6.07) is 6.16. The van der Waals surface area contributed by atoms with Crippen molar-refractivity contribution in [2.75, 3.05) is 31.1 Å². The Labute approximate surface area is 125 Å². The molecule has 1 atom stereocenters. The van der Waals surface area contributed by atoms with Gasteiger partial charge in [-0.2, -0.15) is 0 Å². The summed E-state index contributed by atoms with van der Waals surface area (Å²) in [6.45, 7) is 5.41. The fraction of sp³-hybridized carbons (Fsp3) is 0.562. The van der Waals surface area contributed by atoms with Crippen LogP contribution in [0.4, 0.5) is 10.5 Å². The van der Waals surface area contributed by atoms with Crippen molar-refractivity contribution in [3.05, 3.63) is 23.8 Å². The summed E-state index contributed by atoms with van der Waals surface area (Å²) < 4.78 is 5.64. The summed E-state index contributed by atoms with van der Waals surface area (Å²) in [4.78, 5) is 15.8. The Morgan fingerprint density at radius 1 is 1.52 bits per heavy atom. The molecular weight excluding hydrogens is 266 g/mol. The average Bonchev–Trinajstić information content (AvgIpc) is 3.12. The molecule has 0 bridgehead atoms. The maximum absolute atomic E-state index is 11.6. The third-order valence-corrected chi connectivity index (χ3v) is 4.41. The van der Waals surface area contributed by atoms with Crippen molar-refractivity contribution in [1.29, 1.82) is 0 Å². The highest BCUT2D eigenvalue weighted by Gasteiger charge is 2.31. The van der Waals surface area contributed by atoms with Crippen molar-refractivity contribution < 1.29 is 9.53 Å². The van der Waals surface area contributed by atoms with Crippen LogP contribution >= 0.6 is 0 Å². The van der Waals surface area contributed by atoms with Gasteiger partial charge in [0, 0.05) is 37.3 Å². The number of nitrogens with zero attached hydrogens (tertiary/aromatic N) is 2. The number of carbonyl (C=O) groups is 1. The zero-order chi connectivity index (χ0) is 14.8. The van der Waals surface area contributed by atoms with E-state index in [1.165, 1.54) is 11.3 Å². The number of hydrogen-bond donors (Lipinski definition) is 1. The molecule has 2 amide bonds. The number of anilines is 1. The molecule has 2 heterocycles. The first-order valence-electron chi connectivity index (χ1n) is 7.76. The minimum absolute atomic E-state index is 0.223. The molecule has 1 fully saturated rings. The van der Waals surface area contributed by atoms with Gasteiger partial charge in [0.25, 0.3) is 0 Å². The van der Waals surface area contributed by atoms with E-state index in [-0.39, 0.29) is 12.1 Å². The number of hydrogen-bond acceptors (Lipinski definition) is 3. The zero-order valence-electron chi connectivity index (χ0n) is 12.5. The first-order chi connectivity index (χ1) is 10.2. The molecule has 2 aliphatic rings. The van der Waals surface area contributed by atoms with E-state index in [0.717, 1.165) is 51.3 Å². The molecule has 0 spiro atoms. The molecule has 5 nitrogen and oxygen atoms in total. The first-order valence-corrected chi connectivity index (χ1v) is 7.76. The maximum atomic E-state index is 11.6. The van der Waals surface area contributed by atoms with E-state index in [1.807, 2.05) is 17.0 Å². The molecule has 0 aliphatic carbocycles. The third-order valence-electron chi connectivity index (χ3n) is 4.41. The summed E-state index contributed by atoms with van der Waals surface area (Å²) >= 11 is 0. The molecule has 21 heavy (non-hydrogen) atoms. The minimum Gasteiger partial charge on any atom is -0.493 e. The largest absolute Gasteiger partial charge is 0.493 e. The summed E-state index contributed by atoms with van der Waals surface area (Å²) in [7, 11) is 0. The van der Waals surface area contributed by atoms with Crippen LogP contribution in [0.25, 0.3) is 0 Å². The van der Waals surface area contributed by atoms with E-state index in [9.17, 15) is 4.79 Å². The lowest BCUT2D eigenvalue weighted by Gasteiger charge is -2.28. The highest BCUT2D eigenvalue weighted by molar-refractivity contribution is 5.72. The van der Waals surface area contributed by atoms with Gasteiger partial charge in [-0.3, -0.25) is 0 Å². The number of amides is 2. The molecule has 0 aromatic heterocycles. The molecule has 1 aromatic rings. The molecule has 114 valence electrons. The Morgan fingerprint density at radius 2 is 2.38 bits per heavy atom. The van der Waals surface area contributed by atoms with E-state index >= 15 is 0 Å². The summed E-state index contributed by atoms with van der Waals surface area (Å²) in [6.07, 6.45) is 2.89. The van der Waals surface area contributed by atoms with Crippen molar-refractivity contribution in [3.8, 4) is 5.75 Å². The fourth-order valence-electron chi connectivity index (χ4n) is 3.43. The number of urea groups is 1. The number of carbonyl (C=O) groups excluding carboxylic acids is 1. The Bertz CT molecular complexity index is 532. The SMILES string of the molecule is CCCN(C(N)=O)C1CCN(c2cccc3c2CCO3)C1. The summed E-state index contributed by atoms with van der Waals surface area (Å²) in [5, 5.41) is 0. The number of nitrogens with two attached hydrogens (primary N) is 1. The van der Waals surface area contributed by atoms with Crippen LogP contribution in [0.1, 0.15) is 25.3 Å². The van der Waals surface area contributed by atoms with Crippen LogP contribution in [-0.4, -0.2) is 43.2 Å². The van der Waals surface area contributed by atoms with Crippen molar-refractivity contribution in [2.24, 2.45) is 5.73 Å². The first kappa shape index (κ1) is 14.0. The highest BCUT2D eigenvalue weighted by atomic mass is 16.5. The molecule has 1 aromatic carbocycles. The zero-order valence-corrected chi connectivity index (χ0v) is 12.5. The van der Waals surface area contributed by atoms with Gasteiger partial charge in [-0.15, -0.1) is 0 Å². The van der Waals surface area contributed by atoms with Crippen molar-refractivity contribution in [1.82, 2.24) is 4.90 Å². The monoisotopic (exact) mass is 289 g/mol. The lowest BCUT2D eigenvalue weighted by atomic mass is 10.1. The average molecular weight is 289 g/mol. The molecule has 3 rings (SSSR count). The second kappa shape index (κ2) is 5.84. The van der Waals surface area contributed by atoms with Gasteiger partial charge in [0.1, 0.15) is 5.75 Å². The van der Waals surface area contributed by atoms with Gasteiger partial charge in [0.05, 0.1) is 12.6 Å². The maximum Gasteiger partial charge on any atom is 0.315 e. The topological polar surface area (TPSA) is 58.8 Å². The van der Waals surface area contributed by atoms with Crippen molar-refractivity contribution >= 4 is 11.7 Å². The smallest absolute Gasteiger partial charge is 0.315 e. The predicted molar refractivity (Wildman–Crippen MR) is 82.8 cm³/mol. The van der Waals surface area contributed by atoms with Crippen LogP contribution in [0.3, 0.4) is 0 Å². The van der Waals surface area contributed by atoms with Crippen molar-refractivity contribution in [2.45, 2.75) is 32.2 Å². The van der Waals surface area contributed by atoms with Crippen molar-refractivity contribution in [3.63, 3.8) is 0 Å². The van der Waals surface area contributed by atoms with Crippen LogP contribution < -0.4 is 15.4 Å². The normalized spacial score (nSPS) is 20.2. The molecule has 2 N–H and O–H groups in total. The molecule has 1 unspecified atom stereocenters. The van der Waals surface area contributed by atoms with Gasteiger partial charge < -0.3 is 20.3 Å². The molecule has 5 heteroatoms. The summed E-state index contributed by atoms with van der Waals surface area (Å²) in [5.41, 5.74) is 8.09. The molecule has 1 saturated heterocycles. The fourth-order valence-corrected chi connectivity index (χ4v) is 3.43. The number of primary amides is 1. The second-order valence-corrected chi connectivity index (χ2v) is 5.77. The number of benzene rings is 1. The van der Waals surface area contributed by atoms with Crippen LogP contribution in [0.2, 0.25) is 0 Å². The van der Waals surface area contributed by atoms with E-state index in [0.29, 0.717) is 0 Å². The van der Waals surface area contributed by atoms with Gasteiger partial charge in [-0.05, 0) is 25.0 Å². The Morgan fingerprint density at radius 3 is 3.14 bits per heavy atom. The molecular formula is C16H23N3O2. The number of ether oxygens (including phenoxy) is 1. The van der Waals surface area contributed by atoms with Crippen LogP contribution in [-0.2, 0) is 6.42 Å². The number of fused-ring (bicyclic) bond motifs is 1. The summed E-state index contributed by atoms with van der Waals surface area (Å²) in [5.74, 6) is 1.01. The van der Waals surface area contributed by atoms with Crippen LogP contribution in [0, 0.1) is 0 Å². The van der Waals surface area contributed by atoms with E-state index in [4.69, 9.17) is 10.5 Å². The third kappa shape index (κ3) is 2.64. The Kier molecular flexibility index (Phi) is 3.90. The minimum atomic E-state index is -0.301. The van der Waals surface area contributed by atoms with E-state index in [2.05, 4.69) is 17.9 Å². The van der Waals surface area contributed by atoms with E-state index < -0.39 is 0 Å². The predicted octanol–water partition coefficient (Wildman–Crippen LogP) is 1.99.